The maximum absolute atomic E-state index is 13.1. The molecule has 0 aliphatic rings. The predicted molar refractivity (Wildman–Crippen MR) is 80.8 cm³/mol. The fourth-order valence-corrected chi connectivity index (χ4v) is 2.03. The lowest BCUT2D eigenvalue weighted by Crippen LogP contribution is -2.13. The van der Waals surface area contributed by atoms with Crippen molar-refractivity contribution in [3.63, 3.8) is 0 Å². The fraction of sp³-hybridized carbons (Fsp3) is 0.133. The zero-order chi connectivity index (χ0) is 14.7. The van der Waals surface area contributed by atoms with Gasteiger partial charge in [-0.2, -0.15) is 0 Å². The number of benzene rings is 2. The largest absolute Gasteiger partial charge is 0.389 e. The van der Waals surface area contributed by atoms with Crippen LogP contribution in [0.3, 0.4) is 0 Å². The molecule has 0 amide bonds. The lowest BCUT2D eigenvalue weighted by molar-refractivity contribution is 0.507. The first-order valence-corrected chi connectivity index (χ1v) is 6.46. The molecule has 2 aromatic carbocycles. The predicted octanol–water partition coefficient (Wildman–Crippen LogP) is 3.52. The number of thiocarbonyl (C=S) groups is 1. The van der Waals surface area contributed by atoms with E-state index < -0.39 is 11.6 Å². The molecular weight excluding hydrogens is 278 g/mol. The molecular formula is C15H14F2N2S. The van der Waals surface area contributed by atoms with Crippen LogP contribution in [0.25, 0.3) is 0 Å². The minimum Gasteiger partial charge on any atom is -0.389 e. The van der Waals surface area contributed by atoms with E-state index in [0.29, 0.717) is 17.1 Å². The quantitative estimate of drug-likeness (QED) is 0.847. The van der Waals surface area contributed by atoms with Gasteiger partial charge in [-0.05, 0) is 36.8 Å². The van der Waals surface area contributed by atoms with Crippen LogP contribution in [-0.4, -0.2) is 4.99 Å². The summed E-state index contributed by atoms with van der Waals surface area (Å²) >= 11 is 5.01. The summed E-state index contributed by atoms with van der Waals surface area (Å²) in [6, 6.07) is 9.47. The van der Waals surface area contributed by atoms with Crippen molar-refractivity contribution in [2.75, 3.05) is 5.32 Å². The number of nitrogens with two attached hydrogens (primary N) is 1. The average Bonchev–Trinajstić information content (AvgIpc) is 2.41. The molecule has 0 aliphatic carbocycles. The van der Waals surface area contributed by atoms with Crippen molar-refractivity contribution < 1.29 is 8.78 Å². The second kappa shape index (κ2) is 5.96. The molecule has 0 aliphatic heterocycles. The van der Waals surface area contributed by atoms with Gasteiger partial charge in [-0.15, -0.1) is 0 Å². The summed E-state index contributed by atoms with van der Waals surface area (Å²) in [4.78, 5) is 0.293. The van der Waals surface area contributed by atoms with Gasteiger partial charge >= 0.3 is 0 Å². The Morgan fingerprint density at radius 1 is 1.15 bits per heavy atom. The van der Waals surface area contributed by atoms with E-state index in [-0.39, 0.29) is 0 Å². The SMILES string of the molecule is Cc1ccc(NCc2ccc(F)c(F)c2)c(C(N)=S)c1. The average molecular weight is 292 g/mol. The highest BCUT2D eigenvalue weighted by atomic mass is 32.1. The Bertz CT molecular complexity index is 656. The summed E-state index contributed by atoms with van der Waals surface area (Å²) in [6.07, 6.45) is 0. The van der Waals surface area contributed by atoms with E-state index in [0.717, 1.165) is 28.9 Å². The zero-order valence-corrected chi connectivity index (χ0v) is 11.7. The van der Waals surface area contributed by atoms with Crippen LogP contribution in [0.1, 0.15) is 16.7 Å². The van der Waals surface area contributed by atoms with Gasteiger partial charge in [0.05, 0.1) is 0 Å². The number of nitrogens with one attached hydrogen (secondary N) is 1. The molecule has 2 rings (SSSR count). The summed E-state index contributed by atoms with van der Waals surface area (Å²) in [7, 11) is 0. The summed E-state index contributed by atoms with van der Waals surface area (Å²) < 4.78 is 26.0. The third kappa shape index (κ3) is 3.30. The van der Waals surface area contributed by atoms with Crippen molar-refractivity contribution in [2.45, 2.75) is 13.5 Å². The molecule has 0 fully saturated rings. The van der Waals surface area contributed by atoms with Crippen LogP contribution in [0.5, 0.6) is 0 Å². The van der Waals surface area contributed by atoms with Gasteiger partial charge in [-0.3, -0.25) is 0 Å². The van der Waals surface area contributed by atoms with E-state index in [1.807, 2.05) is 25.1 Å². The minimum atomic E-state index is -0.859. The van der Waals surface area contributed by atoms with Crippen LogP contribution < -0.4 is 11.1 Å². The van der Waals surface area contributed by atoms with Crippen molar-refractivity contribution in [3.8, 4) is 0 Å². The van der Waals surface area contributed by atoms with E-state index in [2.05, 4.69) is 5.32 Å². The van der Waals surface area contributed by atoms with Crippen molar-refractivity contribution in [1.82, 2.24) is 0 Å². The maximum atomic E-state index is 13.1. The first kappa shape index (κ1) is 14.4. The van der Waals surface area contributed by atoms with E-state index in [1.54, 1.807) is 0 Å². The Balaban J connectivity index is 2.18. The standard InChI is InChI=1S/C15H14F2N2S/c1-9-2-5-14(11(6-9)15(18)20)19-8-10-3-4-12(16)13(17)7-10/h2-7,19H,8H2,1H3,(H2,18,20). The lowest BCUT2D eigenvalue weighted by atomic mass is 10.1. The van der Waals surface area contributed by atoms with Crippen LogP contribution >= 0.6 is 12.2 Å². The molecule has 0 radical (unpaired) electrons. The highest BCUT2D eigenvalue weighted by molar-refractivity contribution is 7.80. The normalized spacial score (nSPS) is 10.3. The second-order valence-electron chi connectivity index (χ2n) is 4.52. The number of aryl methyl sites for hydroxylation is 1. The molecule has 2 nitrogen and oxygen atoms in total. The van der Waals surface area contributed by atoms with Crippen molar-refractivity contribution in [2.24, 2.45) is 5.73 Å². The lowest BCUT2D eigenvalue weighted by Gasteiger charge is -2.12. The van der Waals surface area contributed by atoms with Gasteiger partial charge in [0, 0.05) is 17.8 Å². The Morgan fingerprint density at radius 3 is 2.55 bits per heavy atom. The maximum Gasteiger partial charge on any atom is 0.159 e. The minimum absolute atomic E-state index is 0.293. The molecule has 0 saturated carbocycles. The highest BCUT2D eigenvalue weighted by Gasteiger charge is 2.07. The summed E-state index contributed by atoms with van der Waals surface area (Å²) in [6.45, 7) is 2.30. The third-order valence-electron chi connectivity index (χ3n) is 2.91. The Morgan fingerprint density at radius 2 is 1.90 bits per heavy atom. The molecule has 2 aromatic rings. The molecule has 0 bridgehead atoms. The van der Waals surface area contributed by atoms with Crippen molar-refractivity contribution in [3.05, 3.63) is 64.7 Å². The summed E-state index contributed by atoms with van der Waals surface area (Å²) in [5.41, 5.74) is 8.87. The number of anilines is 1. The number of hydrogen-bond acceptors (Lipinski definition) is 2. The molecule has 0 unspecified atom stereocenters. The van der Waals surface area contributed by atoms with Gasteiger partial charge in [0.2, 0.25) is 0 Å². The summed E-state index contributed by atoms with van der Waals surface area (Å²) in [5.74, 6) is -1.71. The Labute approximate surface area is 121 Å². The third-order valence-corrected chi connectivity index (χ3v) is 3.13. The molecule has 0 atom stereocenters. The number of halogens is 2. The smallest absolute Gasteiger partial charge is 0.159 e. The monoisotopic (exact) mass is 292 g/mol. The number of rotatable bonds is 4. The summed E-state index contributed by atoms with van der Waals surface area (Å²) in [5, 5.41) is 3.13. The van der Waals surface area contributed by atoms with Crippen LogP contribution in [0.2, 0.25) is 0 Å². The second-order valence-corrected chi connectivity index (χ2v) is 4.96. The van der Waals surface area contributed by atoms with Crippen molar-refractivity contribution in [1.29, 1.82) is 0 Å². The molecule has 0 spiro atoms. The van der Waals surface area contributed by atoms with Gasteiger partial charge in [0.25, 0.3) is 0 Å². The van der Waals surface area contributed by atoms with E-state index in [4.69, 9.17) is 18.0 Å². The van der Waals surface area contributed by atoms with Gasteiger partial charge in [0.15, 0.2) is 11.6 Å². The Hall–Kier alpha value is -2.01. The van der Waals surface area contributed by atoms with Gasteiger partial charge < -0.3 is 11.1 Å². The molecule has 0 heterocycles. The van der Waals surface area contributed by atoms with Gasteiger partial charge in [-0.25, -0.2) is 8.78 Å². The topological polar surface area (TPSA) is 38.0 Å². The van der Waals surface area contributed by atoms with E-state index in [9.17, 15) is 8.78 Å². The fourth-order valence-electron chi connectivity index (χ4n) is 1.86. The molecule has 0 aromatic heterocycles. The number of hydrogen-bond donors (Lipinski definition) is 2. The van der Waals surface area contributed by atoms with Crippen LogP contribution in [-0.2, 0) is 6.54 Å². The molecule has 0 saturated heterocycles. The van der Waals surface area contributed by atoms with Gasteiger partial charge in [-0.1, -0.05) is 29.9 Å². The molecule has 5 heteroatoms. The van der Waals surface area contributed by atoms with Crippen LogP contribution in [0.15, 0.2) is 36.4 Å². The van der Waals surface area contributed by atoms with Gasteiger partial charge in [0.1, 0.15) is 4.99 Å². The Kier molecular flexibility index (Phi) is 4.29. The van der Waals surface area contributed by atoms with Crippen molar-refractivity contribution >= 4 is 22.9 Å². The van der Waals surface area contributed by atoms with E-state index >= 15 is 0 Å². The first-order valence-electron chi connectivity index (χ1n) is 6.05. The van der Waals surface area contributed by atoms with Crippen LogP contribution in [0.4, 0.5) is 14.5 Å². The molecule has 3 N–H and O–H groups in total. The zero-order valence-electron chi connectivity index (χ0n) is 10.9. The highest BCUT2D eigenvalue weighted by Crippen LogP contribution is 2.19. The first-order chi connectivity index (χ1) is 9.47. The van der Waals surface area contributed by atoms with Crippen LogP contribution in [0, 0.1) is 18.6 Å². The molecule has 20 heavy (non-hydrogen) atoms. The molecule has 104 valence electrons. The van der Waals surface area contributed by atoms with E-state index in [1.165, 1.54) is 6.07 Å².